The minimum Gasteiger partial charge on any atom is -0.354 e. The zero-order chi connectivity index (χ0) is 28.7. The van der Waals surface area contributed by atoms with E-state index >= 15 is 0 Å². The van der Waals surface area contributed by atoms with Crippen molar-refractivity contribution in [1.82, 2.24) is 10.2 Å². The monoisotopic (exact) mass is 595 g/mol. The second kappa shape index (κ2) is 13.5. The molecule has 2 aromatic rings. The Morgan fingerprint density at radius 2 is 1.68 bits per heavy atom. The molecule has 0 radical (unpaired) electrons. The van der Waals surface area contributed by atoms with Gasteiger partial charge in [-0.1, -0.05) is 55.6 Å². The fourth-order valence-electron chi connectivity index (χ4n) is 3.69. The number of anilines is 1. The third-order valence-electron chi connectivity index (χ3n) is 5.70. The highest BCUT2D eigenvalue weighted by molar-refractivity contribution is 7.92. The van der Waals surface area contributed by atoms with Crippen LogP contribution in [0.25, 0.3) is 0 Å². The van der Waals surface area contributed by atoms with Gasteiger partial charge < -0.3 is 10.2 Å². The Kier molecular flexibility index (Phi) is 11.3. The van der Waals surface area contributed by atoms with Crippen molar-refractivity contribution in [3.63, 3.8) is 0 Å². The van der Waals surface area contributed by atoms with E-state index < -0.39 is 51.9 Å². The molecule has 0 unspecified atom stereocenters. The predicted octanol–water partition coefficient (Wildman–Crippen LogP) is 5.50. The van der Waals surface area contributed by atoms with Crippen LogP contribution < -0.4 is 9.62 Å². The van der Waals surface area contributed by atoms with E-state index in [4.69, 9.17) is 23.2 Å². The van der Waals surface area contributed by atoms with E-state index in [1.54, 1.807) is 31.2 Å². The zero-order valence-electron chi connectivity index (χ0n) is 21.2. The lowest BCUT2D eigenvalue weighted by atomic mass is 10.1. The number of sulfonamides is 1. The van der Waals surface area contributed by atoms with Crippen molar-refractivity contribution >= 4 is 50.7 Å². The Morgan fingerprint density at radius 3 is 2.21 bits per heavy atom. The molecule has 0 heterocycles. The first-order valence-corrected chi connectivity index (χ1v) is 14.5. The summed E-state index contributed by atoms with van der Waals surface area (Å²) in [5, 5.41) is 2.95. The summed E-state index contributed by atoms with van der Waals surface area (Å²) < 4.78 is 65.9. The fraction of sp³-hybridized carbons (Fsp3) is 0.440. The second-order valence-corrected chi connectivity index (χ2v) is 11.4. The van der Waals surface area contributed by atoms with Gasteiger partial charge in [0, 0.05) is 18.1 Å². The molecule has 38 heavy (non-hydrogen) atoms. The molecular weight excluding hydrogens is 566 g/mol. The van der Waals surface area contributed by atoms with Crippen molar-refractivity contribution in [3.8, 4) is 0 Å². The van der Waals surface area contributed by atoms with Gasteiger partial charge >= 0.3 is 6.18 Å². The smallest absolute Gasteiger partial charge is 0.354 e. The molecule has 1 N–H and O–H groups in total. The molecule has 2 rings (SSSR count). The van der Waals surface area contributed by atoms with Gasteiger partial charge in [0.2, 0.25) is 21.8 Å². The normalized spacial score (nSPS) is 12.6. The Balaban J connectivity index is 2.50. The van der Waals surface area contributed by atoms with E-state index in [1.165, 1.54) is 4.90 Å². The summed E-state index contributed by atoms with van der Waals surface area (Å²) in [6, 6.07) is 7.77. The van der Waals surface area contributed by atoms with Gasteiger partial charge in [0.25, 0.3) is 0 Å². The van der Waals surface area contributed by atoms with Crippen LogP contribution in [0.2, 0.25) is 10.0 Å². The van der Waals surface area contributed by atoms with Crippen molar-refractivity contribution < 1.29 is 31.2 Å². The molecule has 7 nitrogen and oxygen atoms in total. The number of alkyl halides is 3. The van der Waals surface area contributed by atoms with Gasteiger partial charge in [-0.15, -0.1) is 0 Å². The highest BCUT2D eigenvalue weighted by Crippen LogP contribution is 2.36. The fourth-order valence-corrected chi connectivity index (χ4v) is 4.94. The minimum absolute atomic E-state index is 0.0658. The van der Waals surface area contributed by atoms with Crippen LogP contribution >= 0.6 is 23.2 Å². The van der Waals surface area contributed by atoms with Gasteiger partial charge in [0.1, 0.15) is 12.6 Å². The van der Waals surface area contributed by atoms with Crippen molar-refractivity contribution in [2.24, 2.45) is 0 Å². The van der Waals surface area contributed by atoms with Crippen molar-refractivity contribution in [2.75, 3.05) is 23.7 Å². The maximum Gasteiger partial charge on any atom is 0.416 e. The van der Waals surface area contributed by atoms with Gasteiger partial charge in [0.15, 0.2) is 0 Å². The molecule has 0 fully saturated rings. The summed E-state index contributed by atoms with van der Waals surface area (Å²) in [6.07, 6.45) is -2.23. The highest BCUT2D eigenvalue weighted by Gasteiger charge is 2.35. The second-order valence-electron chi connectivity index (χ2n) is 8.65. The lowest BCUT2D eigenvalue weighted by Gasteiger charge is -2.33. The Hall–Kier alpha value is -2.50. The van der Waals surface area contributed by atoms with E-state index in [0.717, 1.165) is 25.2 Å². The van der Waals surface area contributed by atoms with E-state index in [-0.39, 0.29) is 18.0 Å². The van der Waals surface area contributed by atoms with Crippen LogP contribution in [0.15, 0.2) is 42.5 Å². The summed E-state index contributed by atoms with van der Waals surface area (Å²) >= 11 is 12.0. The van der Waals surface area contributed by atoms with Crippen molar-refractivity contribution in [1.29, 1.82) is 0 Å². The first-order valence-electron chi connectivity index (χ1n) is 11.8. The average Bonchev–Trinajstić information content (AvgIpc) is 2.82. The SMILES string of the molecule is CCCCNC(=O)[C@@H](CC)N(Cc1ccc(Cl)cc1)C(=O)CN(c1cc(C(F)(F)F)ccc1Cl)S(C)(=O)=O. The summed E-state index contributed by atoms with van der Waals surface area (Å²) in [4.78, 5) is 27.8. The van der Waals surface area contributed by atoms with Crippen LogP contribution in [0.1, 0.15) is 44.2 Å². The number of benzene rings is 2. The summed E-state index contributed by atoms with van der Waals surface area (Å²) in [7, 11) is -4.26. The average molecular weight is 596 g/mol. The van der Waals surface area contributed by atoms with Crippen molar-refractivity contribution in [3.05, 3.63) is 63.6 Å². The quantitative estimate of drug-likeness (QED) is 0.328. The van der Waals surface area contributed by atoms with Crippen LogP contribution in [0, 0.1) is 0 Å². The summed E-state index contributed by atoms with van der Waals surface area (Å²) in [5.74, 6) is -1.22. The molecule has 13 heteroatoms. The Morgan fingerprint density at radius 1 is 1.05 bits per heavy atom. The molecule has 210 valence electrons. The van der Waals surface area contributed by atoms with Crippen LogP contribution in [-0.2, 0) is 32.3 Å². The molecular formula is C25H30Cl2F3N3O4S. The Labute approximate surface area is 230 Å². The number of halogens is 5. The van der Waals surface area contributed by atoms with Crippen LogP contribution in [0.4, 0.5) is 18.9 Å². The lowest BCUT2D eigenvalue weighted by Crippen LogP contribution is -2.52. The Bertz CT molecular complexity index is 1230. The molecule has 2 aromatic carbocycles. The molecule has 1 atom stereocenters. The summed E-state index contributed by atoms with van der Waals surface area (Å²) in [6.45, 7) is 3.11. The predicted molar refractivity (Wildman–Crippen MR) is 143 cm³/mol. The molecule has 0 bridgehead atoms. The van der Waals surface area contributed by atoms with Gasteiger partial charge in [-0.25, -0.2) is 8.42 Å². The van der Waals surface area contributed by atoms with Gasteiger partial charge in [-0.2, -0.15) is 13.2 Å². The molecule has 0 aliphatic heterocycles. The first kappa shape index (κ1) is 31.7. The molecule has 0 saturated heterocycles. The number of carbonyl (C=O) groups is 2. The molecule has 0 aromatic heterocycles. The van der Waals surface area contributed by atoms with Crippen LogP contribution in [0.3, 0.4) is 0 Å². The first-order chi connectivity index (χ1) is 17.7. The third-order valence-corrected chi connectivity index (χ3v) is 7.40. The zero-order valence-corrected chi connectivity index (χ0v) is 23.5. The molecule has 0 aliphatic carbocycles. The maximum atomic E-state index is 13.6. The van der Waals surface area contributed by atoms with Gasteiger partial charge in [-0.3, -0.25) is 13.9 Å². The van der Waals surface area contributed by atoms with Crippen LogP contribution in [-0.4, -0.2) is 50.5 Å². The molecule has 0 spiro atoms. The molecule has 0 saturated carbocycles. The number of amides is 2. The molecule has 0 aliphatic rings. The van der Waals surface area contributed by atoms with Gasteiger partial charge in [-0.05, 0) is 48.7 Å². The number of unbranched alkanes of at least 4 members (excludes halogenated alkanes) is 1. The van der Waals surface area contributed by atoms with E-state index in [9.17, 15) is 31.2 Å². The highest BCUT2D eigenvalue weighted by atomic mass is 35.5. The number of carbonyl (C=O) groups excluding carboxylic acids is 2. The van der Waals surface area contributed by atoms with Gasteiger partial charge in [0.05, 0.1) is 22.5 Å². The molecule has 2 amide bonds. The topological polar surface area (TPSA) is 86.8 Å². The van der Waals surface area contributed by atoms with Crippen LogP contribution in [0.5, 0.6) is 0 Å². The standard InChI is InChI=1S/C25H30Cl2F3N3O4S/c1-4-6-13-31-24(35)21(5-2)32(15-17-7-10-19(26)11-8-17)23(34)16-33(38(3,36)37)22-14-18(25(28,29)30)9-12-20(22)27/h7-12,14,21H,4-6,13,15-16H2,1-3H3,(H,31,35)/t21-/m1/s1. The minimum atomic E-state index is -4.77. The number of nitrogens with one attached hydrogen (secondary N) is 1. The van der Waals surface area contributed by atoms with E-state index in [2.05, 4.69) is 5.32 Å². The number of hydrogen-bond donors (Lipinski definition) is 1. The number of hydrogen-bond acceptors (Lipinski definition) is 4. The maximum absolute atomic E-state index is 13.6. The number of rotatable bonds is 12. The lowest BCUT2D eigenvalue weighted by molar-refractivity contribution is -0.140. The largest absolute Gasteiger partial charge is 0.416 e. The summed E-state index contributed by atoms with van der Waals surface area (Å²) in [5.41, 5.74) is -1.01. The van der Waals surface area contributed by atoms with Crippen molar-refractivity contribution in [2.45, 2.75) is 51.9 Å². The third kappa shape index (κ3) is 8.78. The number of nitrogens with zero attached hydrogens (tertiary/aromatic N) is 2. The van der Waals surface area contributed by atoms with E-state index in [1.807, 2.05) is 6.92 Å². The van der Waals surface area contributed by atoms with E-state index in [0.29, 0.717) is 33.6 Å².